The molecule has 0 saturated carbocycles. The molecule has 0 aliphatic carbocycles. The van der Waals surface area contributed by atoms with Gasteiger partial charge in [-0.1, -0.05) is 41.9 Å². The second-order valence-corrected chi connectivity index (χ2v) is 11.3. The number of nitrogens with zero attached hydrogens (tertiary/aromatic N) is 3. The van der Waals surface area contributed by atoms with Crippen LogP contribution in [-0.4, -0.2) is 52.5 Å². The van der Waals surface area contributed by atoms with E-state index in [1.807, 2.05) is 30.3 Å². The first-order valence-electron chi connectivity index (χ1n) is 11.1. The number of halogens is 1. The maximum absolute atomic E-state index is 13.9. The number of aromatic nitrogens is 3. The van der Waals surface area contributed by atoms with Gasteiger partial charge in [0.25, 0.3) is 0 Å². The number of benzene rings is 2. The zero-order valence-electron chi connectivity index (χ0n) is 20.7. The molecule has 0 amide bonds. The van der Waals surface area contributed by atoms with Crippen LogP contribution >= 0.6 is 11.6 Å². The molecule has 12 heteroatoms. The van der Waals surface area contributed by atoms with Crippen molar-refractivity contribution >= 4 is 38.8 Å². The molecule has 37 heavy (non-hydrogen) atoms. The summed E-state index contributed by atoms with van der Waals surface area (Å²) in [5.41, 5.74) is -0.358. The van der Waals surface area contributed by atoms with Crippen LogP contribution in [0.3, 0.4) is 0 Å². The standard InChI is InChI=1S/C25H25ClN4O6S/c1-14-11-17(23(31)32)27-22-21(14)28-24(33)30(22)18-13-20(19(36-5)12-16(18)26)37(34,35)29(4)25(2,3)15-9-7-6-8-10-15/h6-13H,1-5H3,(H,28,33)(H,31,32). The summed E-state index contributed by atoms with van der Waals surface area (Å²) in [5.74, 6) is -1.30. The smallest absolute Gasteiger partial charge is 0.354 e. The number of ether oxygens (including phenoxy) is 1. The minimum absolute atomic E-state index is 0.00218. The molecule has 0 aliphatic rings. The summed E-state index contributed by atoms with van der Waals surface area (Å²) in [6.07, 6.45) is 0. The molecule has 2 heterocycles. The van der Waals surface area contributed by atoms with Crippen LogP contribution in [0, 0.1) is 6.92 Å². The van der Waals surface area contributed by atoms with E-state index in [4.69, 9.17) is 16.3 Å². The van der Waals surface area contributed by atoms with Gasteiger partial charge in [0.05, 0.1) is 28.9 Å². The van der Waals surface area contributed by atoms with Crippen molar-refractivity contribution in [2.45, 2.75) is 31.2 Å². The maximum atomic E-state index is 13.9. The topological polar surface area (TPSA) is 135 Å². The van der Waals surface area contributed by atoms with Gasteiger partial charge in [0, 0.05) is 13.1 Å². The van der Waals surface area contributed by atoms with Gasteiger partial charge in [0.15, 0.2) is 11.3 Å². The Kier molecular flexibility index (Phi) is 6.65. The number of pyridine rings is 1. The van der Waals surface area contributed by atoms with Gasteiger partial charge in [-0.2, -0.15) is 4.31 Å². The van der Waals surface area contributed by atoms with E-state index in [9.17, 15) is 23.1 Å². The molecule has 0 bridgehead atoms. The third-order valence-corrected chi connectivity index (χ3v) is 8.80. The van der Waals surface area contributed by atoms with E-state index in [-0.39, 0.29) is 32.7 Å². The Balaban J connectivity index is 1.97. The Bertz CT molecular complexity index is 1690. The number of H-pyrrole nitrogens is 1. The van der Waals surface area contributed by atoms with E-state index >= 15 is 0 Å². The molecule has 0 aliphatic heterocycles. The summed E-state index contributed by atoms with van der Waals surface area (Å²) >= 11 is 6.50. The summed E-state index contributed by atoms with van der Waals surface area (Å²) in [6.45, 7) is 5.17. The molecule has 2 aromatic heterocycles. The number of aromatic carboxylic acids is 1. The number of nitrogens with one attached hydrogen (secondary N) is 1. The van der Waals surface area contributed by atoms with Gasteiger partial charge in [0.1, 0.15) is 10.6 Å². The van der Waals surface area contributed by atoms with Crippen LogP contribution in [0.4, 0.5) is 0 Å². The predicted octanol–water partition coefficient (Wildman–Crippen LogP) is 3.94. The Morgan fingerprint density at radius 1 is 1.19 bits per heavy atom. The Hall–Kier alpha value is -3.67. The number of hydrogen-bond acceptors (Lipinski definition) is 6. The molecule has 2 N–H and O–H groups in total. The zero-order valence-corrected chi connectivity index (χ0v) is 22.3. The first-order chi connectivity index (χ1) is 17.3. The molecule has 4 aromatic rings. The van der Waals surface area contributed by atoms with Crippen LogP contribution in [0.15, 0.2) is 58.2 Å². The van der Waals surface area contributed by atoms with Crippen LogP contribution in [0.2, 0.25) is 5.02 Å². The van der Waals surface area contributed by atoms with Crippen molar-refractivity contribution in [1.82, 2.24) is 18.8 Å². The highest BCUT2D eigenvalue weighted by Crippen LogP contribution is 2.38. The summed E-state index contributed by atoms with van der Waals surface area (Å²) in [6, 6.07) is 13.0. The Labute approximate surface area is 218 Å². The number of aromatic amines is 1. The normalized spacial score (nSPS) is 12.3. The van der Waals surface area contributed by atoms with E-state index in [0.717, 1.165) is 10.1 Å². The maximum Gasteiger partial charge on any atom is 0.354 e. The summed E-state index contributed by atoms with van der Waals surface area (Å²) in [4.78, 5) is 31.1. The van der Waals surface area contributed by atoms with Crippen LogP contribution in [0.5, 0.6) is 5.75 Å². The quantitative estimate of drug-likeness (QED) is 0.360. The molecule has 0 spiro atoms. The summed E-state index contributed by atoms with van der Waals surface area (Å²) in [7, 11) is -1.43. The van der Waals surface area contributed by atoms with E-state index in [1.165, 1.54) is 36.7 Å². The number of rotatable bonds is 7. The molecular formula is C25H25ClN4O6S. The first kappa shape index (κ1) is 26.4. The lowest BCUT2D eigenvalue weighted by atomic mass is 9.95. The number of imidazole rings is 1. The van der Waals surface area contributed by atoms with Crippen LogP contribution < -0.4 is 10.4 Å². The minimum atomic E-state index is -4.20. The van der Waals surface area contributed by atoms with Gasteiger partial charge in [-0.3, -0.25) is 0 Å². The van der Waals surface area contributed by atoms with E-state index in [1.54, 1.807) is 20.8 Å². The lowest BCUT2D eigenvalue weighted by molar-refractivity contribution is 0.0690. The average Bonchev–Trinajstić information content (AvgIpc) is 3.19. The number of aryl methyl sites for hydroxylation is 1. The largest absolute Gasteiger partial charge is 0.495 e. The third kappa shape index (κ3) is 4.39. The van der Waals surface area contributed by atoms with Gasteiger partial charge >= 0.3 is 11.7 Å². The molecule has 2 aromatic carbocycles. The molecule has 4 rings (SSSR count). The molecular weight excluding hydrogens is 520 g/mol. The molecule has 194 valence electrons. The lowest BCUT2D eigenvalue weighted by Crippen LogP contribution is -2.42. The number of methoxy groups -OCH3 is 1. The van der Waals surface area contributed by atoms with E-state index < -0.39 is 27.2 Å². The van der Waals surface area contributed by atoms with Crippen molar-refractivity contribution in [1.29, 1.82) is 0 Å². The highest BCUT2D eigenvalue weighted by Gasteiger charge is 2.37. The Morgan fingerprint density at radius 2 is 1.84 bits per heavy atom. The number of carboxylic acid groups (broad SMARTS) is 1. The summed E-state index contributed by atoms with van der Waals surface area (Å²) < 4.78 is 35.5. The van der Waals surface area contributed by atoms with Crippen LogP contribution in [0.1, 0.15) is 35.5 Å². The van der Waals surface area contributed by atoms with Crippen molar-refractivity contribution in [3.8, 4) is 11.4 Å². The number of fused-ring (bicyclic) bond motifs is 1. The molecule has 0 fully saturated rings. The average molecular weight is 545 g/mol. The van der Waals surface area contributed by atoms with Crippen molar-refractivity contribution < 1.29 is 23.1 Å². The fourth-order valence-corrected chi connectivity index (χ4v) is 5.99. The van der Waals surface area contributed by atoms with Gasteiger partial charge in [0.2, 0.25) is 10.0 Å². The predicted molar refractivity (Wildman–Crippen MR) is 139 cm³/mol. The van der Waals surface area contributed by atoms with Crippen LogP contribution in [0.25, 0.3) is 16.9 Å². The van der Waals surface area contributed by atoms with Gasteiger partial charge in [-0.15, -0.1) is 0 Å². The fourth-order valence-electron chi connectivity index (χ4n) is 4.10. The highest BCUT2D eigenvalue weighted by molar-refractivity contribution is 7.89. The number of carboxylic acids is 1. The van der Waals surface area contributed by atoms with Crippen molar-refractivity contribution in [2.75, 3.05) is 14.2 Å². The van der Waals surface area contributed by atoms with Gasteiger partial charge in [-0.05, 0) is 44.0 Å². The lowest BCUT2D eigenvalue weighted by Gasteiger charge is -2.35. The number of sulfonamides is 1. The van der Waals surface area contributed by atoms with Gasteiger partial charge < -0.3 is 14.8 Å². The summed E-state index contributed by atoms with van der Waals surface area (Å²) in [5, 5.41) is 9.46. The zero-order chi connectivity index (χ0) is 27.3. The molecule has 10 nitrogen and oxygen atoms in total. The van der Waals surface area contributed by atoms with Crippen LogP contribution in [-0.2, 0) is 15.6 Å². The number of hydrogen-bond donors (Lipinski definition) is 2. The van der Waals surface area contributed by atoms with Crippen molar-refractivity contribution in [3.63, 3.8) is 0 Å². The van der Waals surface area contributed by atoms with Crippen molar-refractivity contribution in [2.24, 2.45) is 0 Å². The van der Waals surface area contributed by atoms with Gasteiger partial charge in [-0.25, -0.2) is 27.6 Å². The monoisotopic (exact) mass is 544 g/mol. The third-order valence-electron chi connectivity index (χ3n) is 6.44. The molecule has 0 saturated heterocycles. The van der Waals surface area contributed by atoms with E-state index in [2.05, 4.69) is 9.97 Å². The second kappa shape index (κ2) is 9.33. The molecule has 0 atom stereocenters. The second-order valence-electron chi connectivity index (χ2n) is 8.95. The molecule has 0 unspecified atom stereocenters. The molecule has 0 radical (unpaired) electrons. The Morgan fingerprint density at radius 3 is 2.43 bits per heavy atom. The fraction of sp³-hybridized carbons (Fsp3) is 0.240. The number of carbonyl (C=O) groups is 1. The van der Waals surface area contributed by atoms with E-state index in [0.29, 0.717) is 11.1 Å². The van der Waals surface area contributed by atoms with Crippen molar-refractivity contribution in [3.05, 3.63) is 80.9 Å². The minimum Gasteiger partial charge on any atom is -0.495 e. The SMILES string of the molecule is COc1cc(Cl)c(-n2c(=O)[nH]c3c(C)cc(C(=O)O)nc32)cc1S(=O)(=O)N(C)C(C)(C)c1ccccc1. The first-order valence-corrected chi connectivity index (χ1v) is 12.9. The highest BCUT2D eigenvalue weighted by atomic mass is 35.5.